The number of hydrogen-bond acceptors (Lipinski definition) is 4. The maximum absolute atomic E-state index is 12.2. The summed E-state index contributed by atoms with van der Waals surface area (Å²) in [6, 6.07) is -0.139. The summed E-state index contributed by atoms with van der Waals surface area (Å²) in [4.78, 5) is 0. The van der Waals surface area contributed by atoms with Crippen molar-refractivity contribution in [3.8, 4) is 0 Å². The summed E-state index contributed by atoms with van der Waals surface area (Å²) in [5, 5.41) is 2.91. The Morgan fingerprint density at radius 1 is 1.35 bits per heavy atom. The molecule has 0 aromatic rings. The van der Waals surface area contributed by atoms with E-state index in [-0.39, 0.29) is 17.2 Å². The van der Waals surface area contributed by atoms with Crippen LogP contribution in [0.1, 0.15) is 26.7 Å². The van der Waals surface area contributed by atoms with Crippen molar-refractivity contribution < 1.29 is 13.2 Å². The molecule has 0 amide bonds. The number of nitrogens with one attached hydrogen (secondary N) is 2. The molecule has 6 heteroatoms. The first kappa shape index (κ1) is 14.9. The molecule has 1 saturated heterocycles. The van der Waals surface area contributed by atoms with Crippen LogP contribution in [-0.4, -0.2) is 46.5 Å². The Labute approximate surface area is 104 Å². The van der Waals surface area contributed by atoms with Crippen LogP contribution in [0.5, 0.6) is 0 Å². The minimum atomic E-state index is -3.22. The third-order valence-corrected chi connectivity index (χ3v) is 5.17. The summed E-state index contributed by atoms with van der Waals surface area (Å²) in [5.41, 5.74) is 0. The van der Waals surface area contributed by atoms with Crippen molar-refractivity contribution in [3.05, 3.63) is 0 Å². The fraction of sp³-hybridized carbons (Fsp3) is 1.00. The second kappa shape index (κ2) is 6.68. The number of hydrogen-bond donors (Lipinski definition) is 2. The van der Waals surface area contributed by atoms with Gasteiger partial charge in [-0.2, -0.15) is 0 Å². The van der Waals surface area contributed by atoms with Gasteiger partial charge >= 0.3 is 0 Å². The first-order valence-corrected chi connectivity index (χ1v) is 7.72. The molecular formula is C11H24N2O3S. The van der Waals surface area contributed by atoms with E-state index in [2.05, 4.69) is 10.0 Å². The van der Waals surface area contributed by atoms with Crippen LogP contribution in [0, 0.1) is 5.92 Å². The highest BCUT2D eigenvalue weighted by Crippen LogP contribution is 2.14. The Kier molecular flexibility index (Phi) is 5.85. The smallest absolute Gasteiger partial charge is 0.214 e. The zero-order valence-corrected chi connectivity index (χ0v) is 11.7. The van der Waals surface area contributed by atoms with Gasteiger partial charge in [-0.3, -0.25) is 0 Å². The average Bonchev–Trinajstić information content (AvgIpc) is 2.29. The van der Waals surface area contributed by atoms with E-state index in [0.29, 0.717) is 19.4 Å². The lowest BCUT2D eigenvalue weighted by Crippen LogP contribution is -2.48. The standard InChI is InChI=1S/C11H24N2O3S/c1-9(2)11(8-16-3)13-17(14,15)10-4-6-12-7-5-10/h9-13H,4-8H2,1-3H3. The molecule has 1 atom stereocenters. The van der Waals surface area contributed by atoms with Crippen LogP contribution in [0.2, 0.25) is 0 Å². The maximum atomic E-state index is 12.2. The van der Waals surface area contributed by atoms with Crippen molar-refractivity contribution in [2.24, 2.45) is 5.92 Å². The zero-order valence-electron chi connectivity index (χ0n) is 10.9. The summed E-state index contributed by atoms with van der Waals surface area (Å²) < 4.78 is 32.2. The molecule has 1 aliphatic heterocycles. The normalized spacial score (nSPS) is 20.7. The summed E-state index contributed by atoms with van der Waals surface area (Å²) in [7, 11) is -1.63. The van der Waals surface area contributed by atoms with Crippen LogP contribution in [0.15, 0.2) is 0 Å². The molecule has 1 fully saturated rings. The molecule has 0 saturated carbocycles. The van der Waals surface area contributed by atoms with Crippen molar-refractivity contribution in [2.75, 3.05) is 26.8 Å². The first-order chi connectivity index (χ1) is 7.97. The van der Waals surface area contributed by atoms with Gasteiger partial charge in [-0.1, -0.05) is 13.8 Å². The van der Waals surface area contributed by atoms with E-state index in [1.807, 2.05) is 13.8 Å². The summed E-state index contributed by atoms with van der Waals surface area (Å²) in [6.45, 7) is 5.97. The summed E-state index contributed by atoms with van der Waals surface area (Å²) in [6.07, 6.45) is 1.38. The van der Waals surface area contributed by atoms with Crippen LogP contribution < -0.4 is 10.0 Å². The number of methoxy groups -OCH3 is 1. The minimum Gasteiger partial charge on any atom is -0.383 e. The quantitative estimate of drug-likeness (QED) is 0.725. The van der Waals surface area contributed by atoms with E-state index in [0.717, 1.165) is 13.1 Å². The predicted molar refractivity (Wildman–Crippen MR) is 68.4 cm³/mol. The van der Waals surface area contributed by atoms with Crippen LogP contribution in [-0.2, 0) is 14.8 Å². The van der Waals surface area contributed by atoms with E-state index in [1.165, 1.54) is 0 Å². The maximum Gasteiger partial charge on any atom is 0.214 e. The molecule has 0 aromatic heterocycles. The second-order valence-corrected chi connectivity index (χ2v) is 6.91. The lowest BCUT2D eigenvalue weighted by molar-refractivity contribution is 0.157. The highest BCUT2D eigenvalue weighted by Gasteiger charge is 2.30. The molecule has 2 N–H and O–H groups in total. The van der Waals surface area contributed by atoms with E-state index in [1.54, 1.807) is 7.11 Å². The summed E-state index contributed by atoms with van der Waals surface area (Å²) in [5.74, 6) is 0.228. The molecule has 102 valence electrons. The molecule has 1 unspecified atom stereocenters. The third-order valence-electron chi connectivity index (χ3n) is 3.19. The molecule has 0 spiro atoms. The predicted octanol–water partition coefficient (Wildman–Crippen LogP) is 0.329. The molecule has 1 rings (SSSR count). The van der Waals surface area contributed by atoms with E-state index in [4.69, 9.17) is 4.74 Å². The SMILES string of the molecule is COCC(NS(=O)(=O)C1CCNCC1)C(C)C. The van der Waals surface area contributed by atoms with Crippen molar-refractivity contribution in [1.29, 1.82) is 0 Å². The number of ether oxygens (including phenoxy) is 1. The zero-order chi connectivity index (χ0) is 12.9. The van der Waals surface area contributed by atoms with Gasteiger partial charge in [0.25, 0.3) is 0 Å². The van der Waals surface area contributed by atoms with Crippen molar-refractivity contribution >= 4 is 10.0 Å². The third kappa shape index (κ3) is 4.54. The lowest BCUT2D eigenvalue weighted by Gasteiger charge is -2.27. The van der Waals surface area contributed by atoms with Gasteiger partial charge in [-0.25, -0.2) is 13.1 Å². The molecule has 17 heavy (non-hydrogen) atoms. The Morgan fingerprint density at radius 3 is 2.41 bits per heavy atom. The molecule has 5 nitrogen and oxygen atoms in total. The van der Waals surface area contributed by atoms with Crippen molar-refractivity contribution in [1.82, 2.24) is 10.0 Å². The highest BCUT2D eigenvalue weighted by molar-refractivity contribution is 7.90. The molecule has 0 radical (unpaired) electrons. The fourth-order valence-corrected chi connectivity index (χ4v) is 3.77. The van der Waals surface area contributed by atoms with Crippen molar-refractivity contribution in [2.45, 2.75) is 38.0 Å². The molecule has 1 heterocycles. The summed E-state index contributed by atoms with van der Waals surface area (Å²) >= 11 is 0. The van der Waals surface area contributed by atoms with Crippen LogP contribution in [0.3, 0.4) is 0 Å². The Balaban J connectivity index is 2.62. The van der Waals surface area contributed by atoms with E-state index >= 15 is 0 Å². The average molecular weight is 264 g/mol. The van der Waals surface area contributed by atoms with Gasteiger partial charge in [0, 0.05) is 13.2 Å². The van der Waals surface area contributed by atoms with Crippen LogP contribution in [0.25, 0.3) is 0 Å². The van der Waals surface area contributed by atoms with Crippen LogP contribution in [0.4, 0.5) is 0 Å². The molecule has 0 aliphatic carbocycles. The monoisotopic (exact) mass is 264 g/mol. The Bertz CT molecular complexity index is 311. The van der Waals surface area contributed by atoms with Crippen molar-refractivity contribution in [3.63, 3.8) is 0 Å². The van der Waals surface area contributed by atoms with Gasteiger partial charge in [0.05, 0.1) is 11.9 Å². The number of sulfonamides is 1. The lowest BCUT2D eigenvalue weighted by atomic mass is 10.1. The minimum absolute atomic E-state index is 0.139. The second-order valence-electron chi connectivity index (χ2n) is 4.92. The molecule has 0 bridgehead atoms. The van der Waals surface area contributed by atoms with Gasteiger partial charge in [-0.15, -0.1) is 0 Å². The highest BCUT2D eigenvalue weighted by atomic mass is 32.2. The largest absolute Gasteiger partial charge is 0.383 e. The first-order valence-electron chi connectivity index (χ1n) is 6.18. The van der Waals surface area contributed by atoms with Crippen LogP contribution >= 0.6 is 0 Å². The van der Waals surface area contributed by atoms with E-state index in [9.17, 15) is 8.42 Å². The Hall–Kier alpha value is -0.170. The topological polar surface area (TPSA) is 67.4 Å². The van der Waals surface area contributed by atoms with Gasteiger partial charge in [0.15, 0.2) is 0 Å². The Morgan fingerprint density at radius 2 is 1.94 bits per heavy atom. The van der Waals surface area contributed by atoms with E-state index < -0.39 is 10.0 Å². The fourth-order valence-electron chi connectivity index (χ4n) is 1.96. The number of rotatable bonds is 6. The van der Waals surface area contributed by atoms with Gasteiger partial charge in [0.2, 0.25) is 10.0 Å². The number of piperidine rings is 1. The molecular weight excluding hydrogens is 240 g/mol. The van der Waals surface area contributed by atoms with Gasteiger partial charge in [0.1, 0.15) is 0 Å². The molecule has 0 aromatic carbocycles. The van der Waals surface area contributed by atoms with Gasteiger partial charge < -0.3 is 10.1 Å². The molecule has 1 aliphatic rings. The van der Waals surface area contributed by atoms with Gasteiger partial charge in [-0.05, 0) is 31.8 Å².